The molecular formula is C15H23N3O. The predicted octanol–water partition coefficient (Wildman–Crippen LogP) is 2.62. The van der Waals surface area contributed by atoms with Crippen LogP contribution in [0, 0.1) is 12.8 Å². The Morgan fingerprint density at radius 1 is 1.47 bits per heavy atom. The van der Waals surface area contributed by atoms with Gasteiger partial charge in [0, 0.05) is 30.7 Å². The zero-order valence-electron chi connectivity index (χ0n) is 11.9. The molecule has 1 fully saturated rings. The highest BCUT2D eigenvalue weighted by atomic mass is 16.2. The predicted molar refractivity (Wildman–Crippen MR) is 76.9 cm³/mol. The third kappa shape index (κ3) is 3.25. The molecule has 1 aromatic rings. The first-order valence-electron chi connectivity index (χ1n) is 7.13. The summed E-state index contributed by atoms with van der Waals surface area (Å²) in [5.74, 6) is 0.785. The topological polar surface area (TPSA) is 59.2 Å². The number of amides is 1. The third-order valence-corrected chi connectivity index (χ3v) is 4.02. The van der Waals surface area contributed by atoms with E-state index in [-0.39, 0.29) is 5.91 Å². The minimum absolute atomic E-state index is 0.0294. The molecule has 1 aliphatic rings. The van der Waals surface area contributed by atoms with Gasteiger partial charge in [-0.1, -0.05) is 13.3 Å². The molecule has 19 heavy (non-hydrogen) atoms. The molecular weight excluding hydrogens is 238 g/mol. The Labute approximate surface area is 115 Å². The molecule has 1 aromatic heterocycles. The maximum atomic E-state index is 12.5. The van der Waals surface area contributed by atoms with E-state index in [9.17, 15) is 4.79 Å². The van der Waals surface area contributed by atoms with E-state index in [0.717, 1.165) is 37.5 Å². The van der Waals surface area contributed by atoms with Gasteiger partial charge in [-0.15, -0.1) is 0 Å². The van der Waals surface area contributed by atoms with Crippen LogP contribution in [-0.4, -0.2) is 28.9 Å². The molecule has 1 amide bonds. The second-order valence-electron chi connectivity index (χ2n) is 5.41. The lowest BCUT2D eigenvalue weighted by Crippen LogP contribution is -2.32. The van der Waals surface area contributed by atoms with E-state index in [4.69, 9.17) is 5.73 Å². The standard InChI is InChI=1S/C15H23N3O/c1-3-12-5-4-7-18(8-6-12)15(19)13-10-17-11(2)9-14(13)16/h9-10,12H,3-8H2,1-2H3,(H2,16,17). The highest BCUT2D eigenvalue weighted by Gasteiger charge is 2.22. The summed E-state index contributed by atoms with van der Waals surface area (Å²) < 4.78 is 0. The molecule has 1 atom stereocenters. The van der Waals surface area contributed by atoms with E-state index in [1.165, 1.54) is 12.8 Å². The van der Waals surface area contributed by atoms with Gasteiger partial charge in [0.2, 0.25) is 0 Å². The number of carbonyl (C=O) groups is 1. The Hall–Kier alpha value is -1.58. The molecule has 104 valence electrons. The Morgan fingerprint density at radius 2 is 2.26 bits per heavy atom. The first-order chi connectivity index (χ1) is 9.11. The van der Waals surface area contributed by atoms with Gasteiger partial charge in [0.05, 0.1) is 5.56 Å². The van der Waals surface area contributed by atoms with Gasteiger partial charge in [0.1, 0.15) is 0 Å². The number of nitrogen functional groups attached to an aromatic ring is 1. The summed E-state index contributed by atoms with van der Waals surface area (Å²) >= 11 is 0. The quantitative estimate of drug-likeness (QED) is 0.890. The lowest BCUT2D eigenvalue weighted by Gasteiger charge is -2.21. The second-order valence-corrected chi connectivity index (χ2v) is 5.41. The zero-order chi connectivity index (χ0) is 13.8. The van der Waals surface area contributed by atoms with Gasteiger partial charge >= 0.3 is 0 Å². The van der Waals surface area contributed by atoms with E-state index in [2.05, 4.69) is 11.9 Å². The van der Waals surface area contributed by atoms with Crippen molar-refractivity contribution in [1.29, 1.82) is 0 Å². The van der Waals surface area contributed by atoms with Gasteiger partial charge in [-0.3, -0.25) is 9.78 Å². The smallest absolute Gasteiger partial charge is 0.257 e. The SMILES string of the molecule is CCC1CCCN(C(=O)c2cnc(C)cc2N)CC1. The molecule has 0 aromatic carbocycles. The fourth-order valence-electron chi connectivity index (χ4n) is 2.71. The maximum Gasteiger partial charge on any atom is 0.257 e. The second kappa shape index (κ2) is 6.04. The Balaban J connectivity index is 2.10. The Bertz CT molecular complexity index is 459. The van der Waals surface area contributed by atoms with Gasteiger partial charge in [-0.2, -0.15) is 0 Å². The Morgan fingerprint density at radius 3 is 2.95 bits per heavy atom. The number of carbonyl (C=O) groups excluding carboxylic acids is 1. The molecule has 0 radical (unpaired) electrons. The van der Waals surface area contributed by atoms with E-state index in [0.29, 0.717) is 11.3 Å². The van der Waals surface area contributed by atoms with Crippen LogP contribution in [0.25, 0.3) is 0 Å². The monoisotopic (exact) mass is 261 g/mol. The number of likely N-dealkylation sites (tertiary alicyclic amines) is 1. The molecule has 4 heteroatoms. The molecule has 2 N–H and O–H groups in total. The minimum Gasteiger partial charge on any atom is -0.398 e. The molecule has 0 saturated carbocycles. The zero-order valence-corrected chi connectivity index (χ0v) is 11.9. The van der Waals surface area contributed by atoms with Crippen molar-refractivity contribution >= 4 is 11.6 Å². The summed E-state index contributed by atoms with van der Waals surface area (Å²) in [7, 11) is 0. The van der Waals surface area contributed by atoms with Crippen molar-refractivity contribution in [2.45, 2.75) is 39.5 Å². The van der Waals surface area contributed by atoms with E-state index in [1.54, 1.807) is 12.3 Å². The highest BCUT2D eigenvalue weighted by molar-refractivity contribution is 5.98. The van der Waals surface area contributed by atoms with Crippen molar-refractivity contribution in [2.75, 3.05) is 18.8 Å². The van der Waals surface area contributed by atoms with Crippen molar-refractivity contribution in [3.8, 4) is 0 Å². The van der Waals surface area contributed by atoms with Gasteiger partial charge in [0.15, 0.2) is 0 Å². The van der Waals surface area contributed by atoms with Crippen molar-refractivity contribution < 1.29 is 4.79 Å². The number of aromatic nitrogens is 1. The number of nitrogens with zero attached hydrogens (tertiary/aromatic N) is 2. The van der Waals surface area contributed by atoms with Crippen molar-refractivity contribution in [2.24, 2.45) is 5.92 Å². The maximum absolute atomic E-state index is 12.5. The van der Waals surface area contributed by atoms with Crippen LogP contribution in [0.5, 0.6) is 0 Å². The van der Waals surface area contributed by atoms with Gasteiger partial charge in [0.25, 0.3) is 5.91 Å². The summed E-state index contributed by atoms with van der Waals surface area (Å²) in [6.07, 6.45) is 6.22. The fourth-order valence-corrected chi connectivity index (χ4v) is 2.71. The molecule has 1 aliphatic heterocycles. The summed E-state index contributed by atoms with van der Waals surface area (Å²) in [5.41, 5.74) is 7.86. The van der Waals surface area contributed by atoms with E-state index in [1.807, 2.05) is 11.8 Å². The largest absolute Gasteiger partial charge is 0.398 e. The van der Waals surface area contributed by atoms with Crippen molar-refractivity contribution in [3.05, 3.63) is 23.5 Å². The fraction of sp³-hybridized carbons (Fsp3) is 0.600. The highest BCUT2D eigenvalue weighted by Crippen LogP contribution is 2.22. The number of anilines is 1. The van der Waals surface area contributed by atoms with Crippen LogP contribution >= 0.6 is 0 Å². The number of aryl methyl sites for hydroxylation is 1. The molecule has 0 bridgehead atoms. The number of hydrogen-bond acceptors (Lipinski definition) is 3. The van der Waals surface area contributed by atoms with Crippen LogP contribution in [0.3, 0.4) is 0 Å². The van der Waals surface area contributed by atoms with Gasteiger partial charge in [-0.05, 0) is 38.2 Å². The van der Waals surface area contributed by atoms with E-state index >= 15 is 0 Å². The average molecular weight is 261 g/mol. The molecule has 2 rings (SSSR count). The van der Waals surface area contributed by atoms with Crippen LogP contribution in [-0.2, 0) is 0 Å². The normalized spacial score (nSPS) is 20.1. The third-order valence-electron chi connectivity index (χ3n) is 4.02. The number of nitrogens with two attached hydrogens (primary N) is 1. The minimum atomic E-state index is 0.0294. The van der Waals surface area contributed by atoms with Gasteiger partial charge in [-0.25, -0.2) is 0 Å². The van der Waals surface area contributed by atoms with Crippen LogP contribution in [0.2, 0.25) is 0 Å². The summed E-state index contributed by atoms with van der Waals surface area (Å²) in [5, 5.41) is 0. The number of pyridine rings is 1. The molecule has 0 aliphatic carbocycles. The van der Waals surface area contributed by atoms with Crippen LogP contribution in [0.4, 0.5) is 5.69 Å². The molecule has 1 saturated heterocycles. The van der Waals surface area contributed by atoms with Crippen molar-refractivity contribution in [1.82, 2.24) is 9.88 Å². The molecule has 4 nitrogen and oxygen atoms in total. The lowest BCUT2D eigenvalue weighted by molar-refractivity contribution is 0.0760. The summed E-state index contributed by atoms with van der Waals surface area (Å²) in [4.78, 5) is 18.6. The first-order valence-corrected chi connectivity index (χ1v) is 7.13. The lowest BCUT2D eigenvalue weighted by atomic mass is 9.98. The van der Waals surface area contributed by atoms with Crippen LogP contribution in [0.15, 0.2) is 12.3 Å². The number of hydrogen-bond donors (Lipinski definition) is 1. The van der Waals surface area contributed by atoms with E-state index < -0.39 is 0 Å². The molecule has 2 heterocycles. The average Bonchev–Trinajstić information content (AvgIpc) is 2.63. The van der Waals surface area contributed by atoms with Crippen LogP contribution < -0.4 is 5.73 Å². The molecule has 0 spiro atoms. The summed E-state index contributed by atoms with van der Waals surface area (Å²) in [6, 6.07) is 1.76. The van der Waals surface area contributed by atoms with Crippen molar-refractivity contribution in [3.63, 3.8) is 0 Å². The molecule has 1 unspecified atom stereocenters. The van der Waals surface area contributed by atoms with Crippen LogP contribution in [0.1, 0.15) is 48.7 Å². The summed E-state index contributed by atoms with van der Waals surface area (Å²) in [6.45, 7) is 5.78. The number of rotatable bonds is 2. The Kier molecular flexibility index (Phi) is 4.40. The van der Waals surface area contributed by atoms with Gasteiger partial charge < -0.3 is 10.6 Å². The first kappa shape index (κ1) is 13.8.